The number of aliphatic carboxylic acids is 1. The predicted molar refractivity (Wildman–Crippen MR) is 169 cm³/mol. The Labute approximate surface area is 274 Å². The van der Waals surface area contributed by atoms with Crippen LogP contribution in [0.15, 0.2) is 48.9 Å². The molecular formula is C32H32ClF2N7O5. The molecule has 1 fully saturated rings. The quantitative estimate of drug-likeness (QED) is 0.190. The SMILES string of the molecule is CN(CCOCCN1CCC(C(=O)O)CC1)C(=O)c1ccc(Nc2nccn3c(-c4ccc(OCC#N)c(F)c4F)cnc23)cc1Cl. The molecule has 12 nitrogen and oxygen atoms in total. The fraction of sp³-hybridized carbons (Fsp3) is 0.344. The largest absolute Gasteiger partial charge is 0.481 e. The van der Waals surface area contributed by atoms with Gasteiger partial charge in [0, 0.05) is 43.8 Å². The summed E-state index contributed by atoms with van der Waals surface area (Å²) in [6, 6.07) is 9.14. The maximum absolute atomic E-state index is 15.0. The van der Waals surface area contributed by atoms with Crippen molar-refractivity contribution in [3.8, 4) is 23.1 Å². The van der Waals surface area contributed by atoms with E-state index >= 15 is 0 Å². The Balaban J connectivity index is 1.18. The van der Waals surface area contributed by atoms with Crippen LogP contribution in [0.1, 0.15) is 23.2 Å². The van der Waals surface area contributed by atoms with Gasteiger partial charge in [0.05, 0.1) is 41.6 Å². The van der Waals surface area contributed by atoms with E-state index in [0.29, 0.717) is 61.9 Å². The van der Waals surface area contributed by atoms with Gasteiger partial charge >= 0.3 is 5.97 Å². The zero-order valence-corrected chi connectivity index (χ0v) is 26.2. The fourth-order valence-electron chi connectivity index (χ4n) is 5.27. The number of likely N-dealkylation sites (tertiary alicyclic amines) is 1. The summed E-state index contributed by atoms with van der Waals surface area (Å²) in [5.41, 5.74) is 1.35. The van der Waals surface area contributed by atoms with Crippen molar-refractivity contribution in [3.05, 3.63) is 71.1 Å². The number of carbonyl (C=O) groups is 2. The van der Waals surface area contributed by atoms with Crippen LogP contribution >= 0.6 is 11.6 Å². The number of likely N-dealkylation sites (N-methyl/N-ethyl adjacent to an activating group) is 1. The van der Waals surface area contributed by atoms with Gasteiger partial charge < -0.3 is 29.7 Å². The minimum atomic E-state index is -1.21. The van der Waals surface area contributed by atoms with Crippen LogP contribution in [0.3, 0.4) is 0 Å². The smallest absolute Gasteiger partial charge is 0.306 e. The highest BCUT2D eigenvalue weighted by Crippen LogP contribution is 2.32. The molecule has 2 N–H and O–H groups in total. The van der Waals surface area contributed by atoms with Crippen LogP contribution in [0.4, 0.5) is 20.3 Å². The number of carboxylic acid groups (broad SMARTS) is 1. The number of nitrogens with one attached hydrogen (secondary N) is 1. The number of rotatable bonds is 13. The van der Waals surface area contributed by atoms with E-state index in [1.807, 2.05) is 0 Å². The standard InChI is InChI=1S/C32H32ClF2N7O5/c1-40(13-16-46-17-14-41-10-6-20(7-11-41)32(44)45)31(43)22-3-2-21(18-24(22)33)39-29-30-38-19-25(42(30)12-9-37-29)23-4-5-26(47-15-8-36)28(35)27(23)34/h2-5,9,12,18-20H,6-7,10-11,13-17H2,1H3,(H,37,39)(H,44,45). The van der Waals surface area contributed by atoms with E-state index in [-0.39, 0.29) is 33.9 Å². The predicted octanol–water partition coefficient (Wildman–Crippen LogP) is 4.86. The van der Waals surface area contributed by atoms with Gasteiger partial charge in [0.1, 0.15) is 6.07 Å². The molecule has 0 unspecified atom stereocenters. The van der Waals surface area contributed by atoms with Gasteiger partial charge in [-0.15, -0.1) is 0 Å². The first-order chi connectivity index (χ1) is 22.7. The lowest BCUT2D eigenvalue weighted by atomic mass is 9.97. The number of amides is 1. The maximum atomic E-state index is 15.0. The second-order valence-electron chi connectivity index (χ2n) is 10.9. The Morgan fingerprint density at radius 2 is 1.96 bits per heavy atom. The summed E-state index contributed by atoms with van der Waals surface area (Å²) in [5, 5.41) is 21.1. The van der Waals surface area contributed by atoms with E-state index in [1.165, 1.54) is 29.4 Å². The molecular weight excluding hydrogens is 636 g/mol. The minimum Gasteiger partial charge on any atom is -0.481 e. The van der Waals surface area contributed by atoms with Crippen molar-refractivity contribution in [2.75, 3.05) is 58.4 Å². The number of hydrogen-bond donors (Lipinski definition) is 2. The number of carboxylic acids is 1. The van der Waals surface area contributed by atoms with E-state index in [1.54, 1.807) is 41.9 Å². The molecule has 0 bridgehead atoms. The van der Waals surface area contributed by atoms with Crippen molar-refractivity contribution in [3.63, 3.8) is 0 Å². The molecule has 2 aromatic heterocycles. The Hall–Kier alpha value is -4.84. The molecule has 15 heteroatoms. The number of halogens is 3. The number of anilines is 2. The summed E-state index contributed by atoms with van der Waals surface area (Å²) in [4.78, 5) is 36.6. The third-order valence-corrected chi connectivity index (χ3v) is 8.22. The van der Waals surface area contributed by atoms with E-state index in [9.17, 15) is 18.4 Å². The molecule has 246 valence electrons. The number of nitrogens with zero attached hydrogens (tertiary/aromatic N) is 6. The Kier molecular flexibility index (Phi) is 10.8. The molecule has 1 aliphatic heterocycles. The molecule has 0 aliphatic carbocycles. The maximum Gasteiger partial charge on any atom is 0.306 e. The van der Waals surface area contributed by atoms with Gasteiger partial charge in [-0.2, -0.15) is 9.65 Å². The number of aromatic nitrogens is 3. The number of benzene rings is 2. The third-order valence-electron chi connectivity index (χ3n) is 7.91. The first-order valence-corrected chi connectivity index (χ1v) is 15.2. The highest BCUT2D eigenvalue weighted by molar-refractivity contribution is 6.34. The van der Waals surface area contributed by atoms with Crippen LogP contribution < -0.4 is 10.1 Å². The summed E-state index contributed by atoms with van der Waals surface area (Å²) in [7, 11) is 1.66. The molecule has 1 saturated heterocycles. The molecule has 1 amide bonds. The van der Waals surface area contributed by atoms with Crippen LogP contribution in [-0.2, 0) is 9.53 Å². The molecule has 0 radical (unpaired) electrons. The number of imidazole rings is 1. The molecule has 4 aromatic rings. The molecule has 5 rings (SSSR count). The Morgan fingerprint density at radius 1 is 1.17 bits per heavy atom. The second kappa shape index (κ2) is 15.2. The zero-order valence-electron chi connectivity index (χ0n) is 25.5. The summed E-state index contributed by atoms with van der Waals surface area (Å²) in [5.74, 6) is -3.71. The average molecular weight is 668 g/mol. The summed E-state index contributed by atoms with van der Waals surface area (Å²) >= 11 is 6.51. The molecule has 1 aliphatic rings. The van der Waals surface area contributed by atoms with Crippen molar-refractivity contribution in [1.29, 1.82) is 5.26 Å². The van der Waals surface area contributed by atoms with E-state index in [2.05, 4.69) is 20.2 Å². The molecule has 0 saturated carbocycles. The topological polar surface area (TPSA) is 145 Å². The highest BCUT2D eigenvalue weighted by Gasteiger charge is 2.24. The summed E-state index contributed by atoms with van der Waals surface area (Å²) < 4.78 is 41.7. The zero-order chi connectivity index (χ0) is 33.5. The number of ether oxygens (including phenoxy) is 2. The summed E-state index contributed by atoms with van der Waals surface area (Å²) in [6.45, 7) is 2.91. The van der Waals surface area contributed by atoms with E-state index < -0.39 is 24.2 Å². The van der Waals surface area contributed by atoms with Crippen molar-refractivity contribution >= 4 is 40.6 Å². The van der Waals surface area contributed by atoms with Gasteiger partial charge in [0.15, 0.2) is 29.6 Å². The van der Waals surface area contributed by atoms with Crippen molar-refractivity contribution in [2.45, 2.75) is 12.8 Å². The van der Waals surface area contributed by atoms with E-state index in [0.717, 1.165) is 13.1 Å². The normalized spacial score (nSPS) is 13.8. The van der Waals surface area contributed by atoms with Crippen molar-refractivity contribution < 1.29 is 33.0 Å². The van der Waals surface area contributed by atoms with Crippen LogP contribution in [0.25, 0.3) is 16.9 Å². The van der Waals surface area contributed by atoms with Gasteiger partial charge in [-0.05, 0) is 56.3 Å². The lowest BCUT2D eigenvalue weighted by molar-refractivity contribution is -0.143. The van der Waals surface area contributed by atoms with Gasteiger partial charge in [0.2, 0.25) is 5.82 Å². The van der Waals surface area contributed by atoms with E-state index in [4.69, 9.17) is 31.4 Å². The lowest BCUT2D eigenvalue weighted by Crippen LogP contribution is -2.38. The van der Waals surface area contributed by atoms with Crippen LogP contribution in [-0.4, -0.2) is 94.2 Å². The molecule has 3 heterocycles. The molecule has 2 aromatic carbocycles. The molecule has 0 spiro atoms. The van der Waals surface area contributed by atoms with Crippen LogP contribution in [0, 0.1) is 28.9 Å². The van der Waals surface area contributed by atoms with Gasteiger partial charge in [-0.3, -0.25) is 14.0 Å². The second-order valence-corrected chi connectivity index (χ2v) is 11.3. The van der Waals surface area contributed by atoms with Crippen LogP contribution in [0.2, 0.25) is 5.02 Å². The number of nitriles is 1. The third kappa shape index (κ3) is 7.76. The van der Waals surface area contributed by atoms with Crippen molar-refractivity contribution in [1.82, 2.24) is 24.2 Å². The van der Waals surface area contributed by atoms with Crippen LogP contribution in [0.5, 0.6) is 5.75 Å². The molecule has 47 heavy (non-hydrogen) atoms. The highest BCUT2D eigenvalue weighted by atomic mass is 35.5. The first-order valence-electron chi connectivity index (χ1n) is 14.8. The van der Waals surface area contributed by atoms with Crippen molar-refractivity contribution in [2.24, 2.45) is 5.92 Å². The van der Waals surface area contributed by atoms with Gasteiger partial charge in [0.25, 0.3) is 5.91 Å². The van der Waals surface area contributed by atoms with Gasteiger partial charge in [-0.1, -0.05) is 11.6 Å². The number of carbonyl (C=O) groups excluding carboxylic acids is 1. The Bertz CT molecular complexity index is 1810. The fourth-order valence-corrected chi connectivity index (χ4v) is 5.53. The minimum absolute atomic E-state index is 0.0606. The summed E-state index contributed by atoms with van der Waals surface area (Å²) in [6.07, 6.45) is 5.68. The number of fused-ring (bicyclic) bond motifs is 1. The number of piperidine rings is 1. The number of hydrogen-bond acceptors (Lipinski definition) is 9. The Morgan fingerprint density at radius 3 is 2.68 bits per heavy atom. The molecule has 0 atom stereocenters. The average Bonchev–Trinajstić information content (AvgIpc) is 3.50. The lowest BCUT2D eigenvalue weighted by Gasteiger charge is -2.29. The monoisotopic (exact) mass is 667 g/mol. The van der Waals surface area contributed by atoms with Gasteiger partial charge in [-0.25, -0.2) is 14.4 Å². The first kappa shape index (κ1) is 33.5.